The first kappa shape index (κ1) is 25.9. The predicted molar refractivity (Wildman–Crippen MR) is 117 cm³/mol. The standard InChI is InChI=1S/C22H31F4N3O3S/c1-3-15-33(31,32)29-13-11-28(12-14-29)21(7-9-22(25,26)10-8-21)16(2)27-20(30)19-17(23)5-4-6-18(19)24/h4-6,16H,3,7-15H2,1-2H3,(H,27,30). The van der Waals surface area contributed by atoms with E-state index >= 15 is 0 Å². The Morgan fingerprint density at radius 3 is 2.12 bits per heavy atom. The second-order valence-electron chi connectivity index (χ2n) is 8.95. The number of carbonyl (C=O) groups is 1. The van der Waals surface area contributed by atoms with Crippen molar-refractivity contribution < 1.29 is 30.8 Å². The molecule has 11 heteroatoms. The normalized spacial score (nSPS) is 22.6. The highest BCUT2D eigenvalue weighted by Crippen LogP contribution is 2.44. The lowest BCUT2D eigenvalue weighted by Gasteiger charge is -2.53. The third-order valence-corrected chi connectivity index (χ3v) is 8.99. The monoisotopic (exact) mass is 493 g/mol. The Bertz CT molecular complexity index is 935. The Morgan fingerprint density at radius 2 is 1.61 bits per heavy atom. The van der Waals surface area contributed by atoms with E-state index in [9.17, 15) is 30.8 Å². The SMILES string of the molecule is CCCS(=O)(=O)N1CCN(C2(C(C)NC(=O)c3c(F)cccc3F)CCC(F)(F)CC2)CC1. The summed E-state index contributed by atoms with van der Waals surface area (Å²) in [5.41, 5.74) is -1.59. The van der Waals surface area contributed by atoms with Gasteiger partial charge in [0.05, 0.1) is 5.75 Å². The van der Waals surface area contributed by atoms with E-state index in [2.05, 4.69) is 5.32 Å². The van der Waals surface area contributed by atoms with Crippen LogP contribution in [0.2, 0.25) is 0 Å². The van der Waals surface area contributed by atoms with E-state index in [1.165, 1.54) is 4.31 Å². The van der Waals surface area contributed by atoms with Crippen LogP contribution in [0.5, 0.6) is 0 Å². The minimum atomic E-state index is -3.38. The number of benzene rings is 1. The zero-order valence-electron chi connectivity index (χ0n) is 18.9. The molecule has 2 aliphatic rings. The lowest BCUT2D eigenvalue weighted by Crippen LogP contribution is -2.67. The van der Waals surface area contributed by atoms with Crippen molar-refractivity contribution in [2.45, 2.75) is 63.5 Å². The van der Waals surface area contributed by atoms with Crippen molar-refractivity contribution in [3.63, 3.8) is 0 Å². The fourth-order valence-electron chi connectivity index (χ4n) is 4.99. The molecule has 186 valence electrons. The summed E-state index contributed by atoms with van der Waals surface area (Å²) in [5.74, 6) is -5.72. The molecule has 0 aromatic heterocycles. The second kappa shape index (κ2) is 9.87. The molecule has 1 aromatic carbocycles. The first-order valence-electron chi connectivity index (χ1n) is 11.3. The van der Waals surface area contributed by atoms with E-state index in [-0.39, 0.29) is 44.5 Å². The number of amides is 1. The number of halogens is 4. The van der Waals surface area contributed by atoms with Gasteiger partial charge in [-0.05, 0) is 38.3 Å². The quantitative estimate of drug-likeness (QED) is 0.592. The van der Waals surface area contributed by atoms with Crippen molar-refractivity contribution >= 4 is 15.9 Å². The van der Waals surface area contributed by atoms with Crippen molar-refractivity contribution in [3.05, 3.63) is 35.4 Å². The number of hydrogen-bond acceptors (Lipinski definition) is 4. The maximum absolute atomic E-state index is 14.1. The first-order valence-corrected chi connectivity index (χ1v) is 12.9. The van der Waals surface area contributed by atoms with Crippen molar-refractivity contribution in [2.24, 2.45) is 0 Å². The molecular weight excluding hydrogens is 462 g/mol. The van der Waals surface area contributed by atoms with E-state index in [1.807, 2.05) is 4.90 Å². The Hall–Kier alpha value is -1.72. The van der Waals surface area contributed by atoms with Crippen molar-refractivity contribution in [1.29, 1.82) is 0 Å². The molecule has 0 spiro atoms. The van der Waals surface area contributed by atoms with Crippen LogP contribution in [-0.2, 0) is 10.0 Å². The Morgan fingerprint density at radius 1 is 1.06 bits per heavy atom. The van der Waals surface area contributed by atoms with Gasteiger partial charge < -0.3 is 5.32 Å². The predicted octanol–water partition coefficient (Wildman–Crippen LogP) is 3.39. The summed E-state index contributed by atoms with van der Waals surface area (Å²) in [6.45, 7) is 4.53. The molecule has 3 rings (SSSR count). The molecule has 1 aromatic rings. The fraction of sp³-hybridized carbons (Fsp3) is 0.682. The van der Waals surface area contributed by atoms with E-state index in [4.69, 9.17) is 0 Å². The molecule has 0 bridgehead atoms. The lowest BCUT2D eigenvalue weighted by molar-refractivity contribution is -0.0948. The number of rotatable bonds is 7. The van der Waals surface area contributed by atoms with Crippen LogP contribution in [0.15, 0.2) is 18.2 Å². The summed E-state index contributed by atoms with van der Waals surface area (Å²) >= 11 is 0. The average Bonchev–Trinajstić information content (AvgIpc) is 2.74. The Kier molecular flexibility index (Phi) is 7.75. The largest absolute Gasteiger partial charge is 0.348 e. The van der Waals surface area contributed by atoms with Gasteiger partial charge in [-0.25, -0.2) is 26.0 Å². The number of nitrogens with one attached hydrogen (secondary N) is 1. The highest BCUT2D eigenvalue weighted by Gasteiger charge is 2.50. The van der Waals surface area contributed by atoms with Gasteiger partial charge in [0.15, 0.2) is 0 Å². The van der Waals surface area contributed by atoms with Gasteiger partial charge in [-0.15, -0.1) is 0 Å². The number of piperazine rings is 1. The lowest BCUT2D eigenvalue weighted by atomic mass is 9.73. The van der Waals surface area contributed by atoms with Crippen molar-refractivity contribution in [1.82, 2.24) is 14.5 Å². The number of nitrogens with zero attached hydrogens (tertiary/aromatic N) is 2. The molecule has 2 fully saturated rings. The number of carbonyl (C=O) groups excluding carboxylic acids is 1. The minimum absolute atomic E-state index is 0.0467. The van der Waals surface area contributed by atoms with Crippen LogP contribution >= 0.6 is 0 Å². The van der Waals surface area contributed by atoms with Crippen LogP contribution in [0.4, 0.5) is 17.6 Å². The smallest absolute Gasteiger partial charge is 0.257 e. The molecule has 6 nitrogen and oxygen atoms in total. The molecule has 1 heterocycles. The van der Waals surface area contributed by atoms with Crippen LogP contribution in [-0.4, -0.2) is 73.0 Å². The number of sulfonamides is 1. The second-order valence-corrected chi connectivity index (χ2v) is 11.0. The molecular formula is C22H31F4N3O3S. The van der Waals surface area contributed by atoms with Crippen LogP contribution in [0.3, 0.4) is 0 Å². The van der Waals surface area contributed by atoms with Gasteiger partial charge in [0.2, 0.25) is 15.9 Å². The van der Waals surface area contributed by atoms with E-state index < -0.39 is 50.6 Å². The molecule has 1 saturated heterocycles. The highest BCUT2D eigenvalue weighted by molar-refractivity contribution is 7.89. The molecule has 0 radical (unpaired) electrons. The van der Waals surface area contributed by atoms with Gasteiger partial charge >= 0.3 is 0 Å². The first-order chi connectivity index (χ1) is 15.4. The Balaban J connectivity index is 1.81. The van der Waals surface area contributed by atoms with Gasteiger partial charge in [-0.1, -0.05) is 13.0 Å². The maximum atomic E-state index is 14.1. The van der Waals surface area contributed by atoms with Crippen LogP contribution in [0, 0.1) is 11.6 Å². The van der Waals surface area contributed by atoms with Crippen LogP contribution in [0.1, 0.15) is 56.3 Å². The van der Waals surface area contributed by atoms with Crippen molar-refractivity contribution in [3.8, 4) is 0 Å². The molecule has 1 N–H and O–H groups in total. The summed E-state index contributed by atoms with van der Waals surface area (Å²) in [6, 6.07) is 2.42. The number of alkyl halides is 2. The summed E-state index contributed by atoms with van der Waals surface area (Å²) in [7, 11) is -3.38. The zero-order valence-corrected chi connectivity index (χ0v) is 19.7. The molecule has 1 aliphatic carbocycles. The third-order valence-electron chi connectivity index (χ3n) is 6.91. The van der Waals surface area contributed by atoms with Crippen LogP contribution in [0.25, 0.3) is 0 Å². The van der Waals surface area contributed by atoms with E-state index in [1.54, 1.807) is 13.8 Å². The third kappa shape index (κ3) is 5.51. The van der Waals surface area contributed by atoms with Gasteiger partial charge in [0.25, 0.3) is 5.91 Å². The van der Waals surface area contributed by atoms with E-state index in [0.29, 0.717) is 19.5 Å². The summed E-state index contributed by atoms with van der Waals surface area (Å²) in [5, 5.41) is 2.64. The molecule has 1 unspecified atom stereocenters. The number of hydrogen-bond donors (Lipinski definition) is 1. The average molecular weight is 494 g/mol. The molecule has 1 aliphatic heterocycles. The molecule has 1 amide bonds. The highest BCUT2D eigenvalue weighted by atomic mass is 32.2. The summed E-state index contributed by atoms with van der Waals surface area (Å²) in [6.07, 6.45) is -0.117. The van der Waals surface area contributed by atoms with Gasteiger partial charge in [-0.3, -0.25) is 9.69 Å². The molecule has 33 heavy (non-hydrogen) atoms. The summed E-state index contributed by atoms with van der Waals surface area (Å²) < 4.78 is 82.5. The van der Waals surface area contributed by atoms with Gasteiger partial charge in [0, 0.05) is 50.6 Å². The topological polar surface area (TPSA) is 69.7 Å². The van der Waals surface area contributed by atoms with E-state index in [0.717, 1.165) is 18.2 Å². The van der Waals surface area contributed by atoms with Gasteiger partial charge in [-0.2, -0.15) is 4.31 Å². The van der Waals surface area contributed by atoms with Gasteiger partial charge in [0.1, 0.15) is 17.2 Å². The van der Waals surface area contributed by atoms with Crippen LogP contribution < -0.4 is 5.32 Å². The van der Waals surface area contributed by atoms with Crippen molar-refractivity contribution in [2.75, 3.05) is 31.9 Å². The zero-order chi connectivity index (χ0) is 24.4. The Labute approximate surface area is 192 Å². The summed E-state index contributed by atoms with van der Waals surface area (Å²) in [4.78, 5) is 14.7. The maximum Gasteiger partial charge on any atom is 0.257 e. The minimum Gasteiger partial charge on any atom is -0.348 e. The fourth-order valence-corrected chi connectivity index (χ4v) is 6.48. The molecule has 1 saturated carbocycles. The molecule has 1 atom stereocenters.